The summed E-state index contributed by atoms with van der Waals surface area (Å²) in [6.07, 6.45) is 1.10. The highest BCUT2D eigenvalue weighted by molar-refractivity contribution is 14.0. The number of hydrogen-bond acceptors (Lipinski definition) is 2. The first-order valence-electron chi connectivity index (χ1n) is 7.31. The zero-order valence-corrected chi connectivity index (χ0v) is 15.6. The molecule has 3 N–H and O–H groups in total. The van der Waals surface area contributed by atoms with E-state index in [1.54, 1.807) is 0 Å². The van der Waals surface area contributed by atoms with Gasteiger partial charge in [0.25, 0.3) is 0 Å². The monoisotopic (exact) mass is 405 g/mol. The lowest BCUT2D eigenvalue weighted by molar-refractivity contribution is 0.134. The number of nitrogens with zero attached hydrogens (tertiary/aromatic N) is 1. The van der Waals surface area contributed by atoms with Crippen LogP contribution in [0.25, 0.3) is 0 Å². The van der Waals surface area contributed by atoms with Crippen molar-refractivity contribution in [3.05, 3.63) is 35.4 Å². The summed E-state index contributed by atoms with van der Waals surface area (Å²) in [5.41, 5.74) is 8.16. The minimum absolute atomic E-state index is 0. The summed E-state index contributed by atoms with van der Waals surface area (Å²) in [6, 6.07) is 8.28. The van der Waals surface area contributed by atoms with Crippen LogP contribution in [0.2, 0.25) is 0 Å². The van der Waals surface area contributed by atoms with Gasteiger partial charge in [-0.25, -0.2) is 4.99 Å². The number of guanidine groups is 1. The molecular weight excluding hydrogens is 377 g/mol. The van der Waals surface area contributed by atoms with E-state index in [9.17, 15) is 0 Å². The van der Waals surface area contributed by atoms with Crippen LogP contribution in [0.4, 0.5) is 0 Å². The zero-order valence-electron chi connectivity index (χ0n) is 13.3. The minimum Gasteiger partial charge on any atom is -0.377 e. The Bertz CT molecular complexity index is 404. The van der Waals surface area contributed by atoms with Gasteiger partial charge < -0.3 is 15.8 Å². The molecule has 0 saturated heterocycles. The molecule has 0 bridgehead atoms. The van der Waals surface area contributed by atoms with Crippen LogP contribution >= 0.6 is 24.0 Å². The van der Waals surface area contributed by atoms with Crippen LogP contribution in [-0.4, -0.2) is 19.1 Å². The molecular formula is C16H28IN3O. The van der Waals surface area contributed by atoms with Gasteiger partial charge in [0.1, 0.15) is 0 Å². The number of nitrogens with one attached hydrogen (secondary N) is 1. The van der Waals surface area contributed by atoms with Crippen LogP contribution < -0.4 is 11.1 Å². The number of hydrogen-bond donors (Lipinski definition) is 2. The Morgan fingerprint density at radius 2 is 1.86 bits per heavy atom. The smallest absolute Gasteiger partial charge is 0.188 e. The van der Waals surface area contributed by atoms with E-state index in [0.717, 1.165) is 25.1 Å². The topological polar surface area (TPSA) is 59.6 Å². The van der Waals surface area contributed by atoms with Gasteiger partial charge >= 0.3 is 0 Å². The maximum absolute atomic E-state index is 5.82. The van der Waals surface area contributed by atoms with Crippen molar-refractivity contribution in [3.8, 4) is 0 Å². The van der Waals surface area contributed by atoms with Gasteiger partial charge in [0.15, 0.2) is 5.96 Å². The predicted octanol–water partition coefficient (Wildman–Crippen LogP) is 3.29. The van der Waals surface area contributed by atoms with Crippen molar-refractivity contribution in [3.63, 3.8) is 0 Å². The van der Waals surface area contributed by atoms with Crippen LogP contribution in [0.1, 0.15) is 38.3 Å². The van der Waals surface area contributed by atoms with Crippen molar-refractivity contribution in [1.29, 1.82) is 0 Å². The molecule has 21 heavy (non-hydrogen) atoms. The molecule has 0 radical (unpaired) electrons. The Morgan fingerprint density at radius 3 is 2.43 bits per heavy atom. The van der Waals surface area contributed by atoms with Crippen LogP contribution in [0, 0.1) is 5.92 Å². The Hall–Kier alpha value is -0.820. The third-order valence-electron chi connectivity index (χ3n) is 2.96. The van der Waals surface area contributed by atoms with E-state index >= 15 is 0 Å². The molecule has 1 rings (SSSR count). The van der Waals surface area contributed by atoms with Crippen molar-refractivity contribution in [1.82, 2.24) is 5.32 Å². The summed E-state index contributed by atoms with van der Waals surface area (Å²) >= 11 is 0. The van der Waals surface area contributed by atoms with E-state index in [1.165, 1.54) is 5.56 Å². The molecule has 0 aliphatic carbocycles. The average Bonchev–Trinajstić information content (AvgIpc) is 2.43. The second kappa shape index (κ2) is 11.8. The molecule has 0 aliphatic heterocycles. The standard InChI is InChI=1S/C16H27N3O.HI/c1-4-20-12-15-7-5-14(6-8-15)11-19-16(17)18-10-9-13(2)3;/h5-8,13H,4,9-12H2,1-3H3,(H3,17,18,19);1H. The Morgan fingerprint density at radius 1 is 1.24 bits per heavy atom. The fraction of sp³-hybridized carbons (Fsp3) is 0.562. The van der Waals surface area contributed by atoms with Gasteiger partial charge in [-0.2, -0.15) is 0 Å². The molecule has 0 amide bonds. The molecule has 5 heteroatoms. The third-order valence-corrected chi connectivity index (χ3v) is 2.96. The first kappa shape index (κ1) is 20.2. The Kier molecular flexibility index (Phi) is 11.3. The fourth-order valence-electron chi connectivity index (χ4n) is 1.68. The SMILES string of the molecule is CCOCc1ccc(CN=C(N)NCCC(C)C)cc1.I. The van der Waals surface area contributed by atoms with E-state index in [4.69, 9.17) is 10.5 Å². The molecule has 0 heterocycles. The highest BCUT2D eigenvalue weighted by atomic mass is 127. The maximum Gasteiger partial charge on any atom is 0.188 e. The number of benzene rings is 1. The van der Waals surface area contributed by atoms with Gasteiger partial charge in [-0.05, 0) is 30.4 Å². The molecule has 120 valence electrons. The number of aliphatic imine (C=N–C) groups is 1. The van der Waals surface area contributed by atoms with Gasteiger partial charge in [-0.3, -0.25) is 0 Å². The summed E-state index contributed by atoms with van der Waals surface area (Å²) in [5.74, 6) is 1.19. The predicted molar refractivity (Wildman–Crippen MR) is 100.0 cm³/mol. The van der Waals surface area contributed by atoms with E-state index < -0.39 is 0 Å². The first-order chi connectivity index (χ1) is 9.61. The second-order valence-corrected chi connectivity index (χ2v) is 5.26. The Labute approximate surface area is 145 Å². The number of rotatable bonds is 8. The van der Waals surface area contributed by atoms with Crippen molar-refractivity contribution >= 4 is 29.9 Å². The van der Waals surface area contributed by atoms with Gasteiger partial charge in [-0.15, -0.1) is 24.0 Å². The second-order valence-electron chi connectivity index (χ2n) is 5.26. The molecule has 0 atom stereocenters. The maximum atomic E-state index is 5.82. The molecule has 0 aromatic heterocycles. The Balaban J connectivity index is 0.00000400. The molecule has 0 aliphatic rings. The lowest BCUT2D eigenvalue weighted by Gasteiger charge is -2.07. The van der Waals surface area contributed by atoms with Gasteiger partial charge in [0.05, 0.1) is 13.2 Å². The minimum atomic E-state index is 0. The molecule has 0 spiro atoms. The van der Waals surface area contributed by atoms with E-state index in [-0.39, 0.29) is 24.0 Å². The van der Waals surface area contributed by atoms with Crippen molar-refractivity contribution in [2.24, 2.45) is 16.6 Å². The summed E-state index contributed by atoms with van der Waals surface area (Å²) in [6.45, 7) is 9.27. The lowest BCUT2D eigenvalue weighted by atomic mass is 10.1. The molecule has 1 aromatic carbocycles. The normalized spacial score (nSPS) is 11.3. The van der Waals surface area contributed by atoms with Crippen LogP contribution in [-0.2, 0) is 17.9 Å². The van der Waals surface area contributed by atoms with Crippen molar-refractivity contribution in [2.45, 2.75) is 40.3 Å². The van der Waals surface area contributed by atoms with Crippen molar-refractivity contribution in [2.75, 3.05) is 13.2 Å². The molecule has 0 saturated carbocycles. The number of ether oxygens (including phenoxy) is 1. The van der Waals surface area contributed by atoms with Crippen molar-refractivity contribution < 1.29 is 4.74 Å². The highest BCUT2D eigenvalue weighted by Gasteiger charge is 1.97. The quantitative estimate of drug-likeness (QED) is 0.397. The first-order valence-corrected chi connectivity index (χ1v) is 7.31. The average molecular weight is 405 g/mol. The molecule has 1 aromatic rings. The largest absolute Gasteiger partial charge is 0.377 e. The summed E-state index contributed by atoms with van der Waals surface area (Å²) in [5, 5.41) is 3.13. The number of halogens is 1. The van der Waals surface area contributed by atoms with E-state index in [1.807, 2.05) is 6.92 Å². The third kappa shape index (κ3) is 9.68. The molecule has 0 fully saturated rings. The summed E-state index contributed by atoms with van der Waals surface area (Å²) in [4.78, 5) is 4.34. The lowest BCUT2D eigenvalue weighted by Crippen LogP contribution is -2.32. The fourth-order valence-corrected chi connectivity index (χ4v) is 1.68. The summed E-state index contributed by atoms with van der Waals surface area (Å²) < 4.78 is 5.36. The van der Waals surface area contributed by atoms with Crippen LogP contribution in [0.5, 0.6) is 0 Å². The van der Waals surface area contributed by atoms with Crippen LogP contribution in [0.3, 0.4) is 0 Å². The number of nitrogens with two attached hydrogens (primary N) is 1. The highest BCUT2D eigenvalue weighted by Crippen LogP contribution is 2.07. The van der Waals surface area contributed by atoms with Crippen LogP contribution in [0.15, 0.2) is 29.3 Å². The molecule has 0 unspecified atom stereocenters. The van der Waals surface area contributed by atoms with E-state index in [2.05, 4.69) is 48.4 Å². The van der Waals surface area contributed by atoms with Gasteiger partial charge in [0, 0.05) is 13.2 Å². The summed E-state index contributed by atoms with van der Waals surface area (Å²) in [7, 11) is 0. The van der Waals surface area contributed by atoms with E-state index in [0.29, 0.717) is 25.0 Å². The van der Waals surface area contributed by atoms with Gasteiger partial charge in [0.2, 0.25) is 0 Å². The van der Waals surface area contributed by atoms with Gasteiger partial charge in [-0.1, -0.05) is 38.1 Å². The molecule has 4 nitrogen and oxygen atoms in total. The zero-order chi connectivity index (χ0) is 14.8.